The first kappa shape index (κ1) is 12.6. The lowest BCUT2D eigenvalue weighted by Gasteiger charge is -2.13. The summed E-state index contributed by atoms with van der Waals surface area (Å²) in [4.78, 5) is 12.6. The van der Waals surface area contributed by atoms with E-state index in [0.717, 1.165) is 22.2 Å². The molecule has 1 heterocycles. The molecule has 3 heteroatoms. The molecule has 20 heavy (non-hydrogen) atoms. The highest BCUT2D eigenvalue weighted by atomic mass is 16.3. The van der Waals surface area contributed by atoms with Crippen molar-refractivity contribution in [3.8, 4) is 5.69 Å². The van der Waals surface area contributed by atoms with E-state index in [9.17, 15) is 9.90 Å². The van der Waals surface area contributed by atoms with Crippen molar-refractivity contribution in [3.63, 3.8) is 0 Å². The van der Waals surface area contributed by atoms with Gasteiger partial charge >= 0.3 is 0 Å². The van der Waals surface area contributed by atoms with E-state index in [-0.39, 0.29) is 12.2 Å². The van der Waals surface area contributed by atoms with Crippen molar-refractivity contribution in [2.24, 2.45) is 0 Å². The van der Waals surface area contributed by atoms with Gasteiger partial charge in [-0.25, -0.2) is 0 Å². The average molecular weight is 265 g/mol. The zero-order valence-corrected chi connectivity index (χ0v) is 11.2. The van der Waals surface area contributed by atoms with E-state index in [1.807, 2.05) is 55.5 Å². The van der Waals surface area contributed by atoms with Crippen LogP contribution >= 0.6 is 0 Å². The van der Waals surface area contributed by atoms with Gasteiger partial charge in [0.15, 0.2) is 0 Å². The number of pyridine rings is 1. The van der Waals surface area contributed by atoms with Crippen LogP contribution in [0.2, 0.25) is 0 Å². The van der Waals surface area contributed by atoms with Crippen LogP contribution in [-0.4, -0.2) is 9.67 Å². The molecule has 100 valence electrons. The Balaban J connectivity index is 2.34. The highest BCUT2D eigenvalue weighted by Gasteiger charge is 2.09. The first-order valence-electron chi connectivity index (χ1n) is 6.52. The van der Waals surface area contributed by atoms with Crippen molar-refractivity contribution in [3.05, 3.63) is 76.2 Å². The van der Waals surface area contributed by atoms with E-state index in [1.165, 1.54) is 0 Å². The largest absolute Gasteiger partial charge is 0.392 e. The number of fused-ring (bicyclic) bond motifs is 1. The van der Waals surface area contributed by atoms with Crippen LogP contribution in [0.4, 0.5) is 0 Å². The second-order valence-electron chi connectivity index (χ2n) is 4.81. The van der Waals surface area contributed by atoms with Gasteiger partial charge in [-0.05, 0) is 36.1 Å². The fraction of sp³-hybridized carbons (Fsp3) is 0.118. The number of aryl methyl sites for hydroxylation is 1. The lowest BCUT2D eigenvalue weighted by molar-refractivity contribution is 0.280. The summed E-state index contributed by atoms with van der Waals surface area (Å²) in [6.07, 6.45) is 1.76. The minimum atomic E-state index is -0.0821. The lowest BCUT2D eigenvalue weighted by atomic mass is 10.1. The minimum Gasteiger partial charge on any atom is -0.392 e. The van der Waals surface area contributed by atoms with Crippen molar-refractivity contribution < 1.29 is 5.11 Å². The van der Waals surface area contributed by atoms with Crippen molar-refractivity contribution in [2.75, 3.05) is 0 Å². The Hall–Kier alpha value is -2.39. The van der Waals surface area contributed by atoms with Crippen LogP contribution in [0.15, 0.2) is 59.5 Å². The third-order valence-corrected chi connectivity index (χ3v) is 3.62. The lowest BCUT2D eigenvalue weighted by Crippen LogP contribution is -2.19. The Morgan fingerprint density at radius 1 is 1.05 bits per heavy atom. The molecule has 1 aromatic heterocycles. The summed E-state index contributed by atoms with van der Waals surface area (Å²) < 4.78 is 1.60. The molecule has 0 amide bonds. The number of hydrogen-bond donors (Lipinski definition) is 1. The molecule has 3 aromatic rings. The molecule has 0 bridgehead atoms. The van der Waals surface area contributed by atoms with Gasteiger partial charge in [0.25, 0.3) is 5.56 Å². The van der Waals surface area contributed by atoms with Crippen LogP contribution in [0.3, 0.4) is 0 Å². The molecule has 0 spiro atoms. The molecule has 0 radical (unpaired) electrons. The first-order chi connectivity index (χ1) is 9.72. The van der Waals surface area contributed by atoms with Gasteiger partial charge in [-0.2, -0.15) is 0 Å². The van der Waals surface area contributed by atoms with Crippen molar-refractivity contribution in [2.45, 2.75) is 13.5 Å². The van der Waals surface area contributed by atoms with Gasteiger partial charge in [0, 0.05) is 17.1 Å². The Bertz CT molecular complexity index is 834. The molecule has 0 saturated heterocycles. The highest BCUT2D eigenvalue weighted by Crippen LogP contribution is 2.18. The molecule has 1 N–H and O–H groups in total. The van der Waals surface area contributed by atoms with E-state index < -0.39 is 0 Å². The SMILES string of the molecule is Cc1cccc(-n2ccc3ccccc3c2=O)c1CO. The van der Waals surface area contributed by atoms with Crippen molar-refractivity contribution >= 4 is 10.8 Å². The van der Waals surface area contributed by atoms with Crippen LogP contribution in [0, 0.1) is 6.92 Å². The smallest absolute Gasteiger partial charge is 0.262 e. The van der Waals surface area contributed by atoms with Crippen LogP contribution < -0.4 is 5.56 Å². The predicted molar refractivity (Wildman–Crippen MR) is 80.2 cm³/mol. The van der Waals surface area contributed by atoms with Gasteiger partial charge in [0.1, 0.15) is 0 Å². The monoisotopic (exact) mass is 265 g/mol. The van der Waals surface area contributed by atoms with E-state index >= 15 is 0 Å². The second-order valence-corrected chi connectivity index (χ2v) is 4.81. The van der Waals surface area contributed by atoms with E-state index in [0.29, 0.717) is 5.39 Å². The van der Waals surface area contributed by atoms with E-state index in [2.05, 4.69) is 0 Å². The third kappa shape index (κ3) is 1.92. The number of hydrogen-bond acceptors (Lipinski definition) is 2. The standard InChI is InChI=1S/C17H15NO2/c1-12-5-4-8-16(15(12)11-19)18-10-9-13-6-2-3-7-14(13)17(18)20/h2-10,19H,11H2,1H3. The zero-order chi connectivity index (χ0) is 14.1. The quantitative estimate of drug-likeness (QED) is 0.774. The third-order valence-electron chi connectivity index (χ3n) is 3.62. The minimum absolute atomic E-state index is 0.0663. The fourth-order valence-electron chi connectivity index (χ4n) is 2.50. The number of rotatable bonds is 2. The van der Waals surface area contributed by atoms with Crippen molar-refractivity contribution in [1.29, 1.82) is 0 Å². The van der Waals surface area contributed by atoms with Gasteiger partial charge < -0.3 is 5.11 Å². The van der Waals surface area contributed by atoms with E-state index in [1.54, 1.807) is 10.8 Å². The van der Waals surface area contributed by atoms with Crippen LogP contribution in [0.5, 0.6) is 0 Å². The normalized spacial score (nSPS) is 10.9. The Morgan fingerprint density at radius 3 is 2.65 bits per heavy atom. The van der Waals surface area contributed by atoms with Gasteiger partial charge in [-0.15, -0.1) is 0 Å². The molecule has 0 unspecified atom stereocenters. The molecule has 0 fully saturated rings. The molecule has 3 nitrogen and oxygen atoms in total. The summed E-state index contributed by atoms with van der Waals surface area (Å²) in [6.45, 7) is 1.85. The fourth-order valence-corrected chi connectivity index (χ4v) is 2.50. The maximum Gasteiger partial charge on any atom is 0.262 e. The second kappa shape index (κ2) is 4.94. The zero-order valence-electron chi connectivity index (χ0n) is 11.2. The van der Waals surface area contributed by atoms with Gasteiger partial charge in [0.05, 0.1) is 12.3 Å². The van der Waals surface area contributed by atoms with Gasteiger partial charge in [-0.1, -0.05) is 30.3 Å². The van der Waals surface area contributed by atoms with E-state index in [4.69, 9.17) is 0 Å². The highest BCUT2D eigenvalue weighted by molar-refractivity contribution is 5.81. The predicted octanol–water partition coefficient (Wildman–Crippen LogP) is 2.79. The van der Waals surface area contributed by atoms with Gasteiger partial charge in [0.2, 0.25) is 0 Å². The Labute approximate surface area is 116 Å². The molecule has 3 rings (SSSR count). The van der Waals surface area contributed by atoms with Crippen molar-refractivity contribution in [1.82, 2.24) is 4.57 Å². The van der Waals surface area contributed by atoms with Gasteiger partial charge in [-0.3, -0.25) is 9.36 Å². The molecule has 0 aliphatic rings. The molecule has 2 aromatic carbocycles. The molecule has 0 atom stereocenters. The Morgan fingerprint density at radius 2 is 1.85 bits per heavy atom. The molecule has 0 saturated carbocycles. The van der Waals surface area contributed by atoms with Crippen LogP contribution in [0.1, 0.15) is 11.1 Å². The number of aliphatic hydroxyl groups excluding tert-OH is 1. The number of aromatic nitrogens is 1. The average Bonchev–Trinajstić information content (AvgIpc) is 2.48. The molecule has 0 aliphatic carbocycles. The maximum atomic E-state index is 12.6. The number of aliphatic hydroxyl groups is 1. The molecular formula is C17H15NO2. The summed E-state index contributed by atoms with van der Waals surface area (Å²) in [5.74, 6) is 0. The summed E-state index contributed by atoms with van der Waals surface area (Å²) in [5, 5.41) is 11.2. The topological polar surface area (TPSA) is 42.2 Å². The number of benzene rings is 2. The number of nitrogens with zero attached hydrogens (tertiary/aromatic N) is 1. The summed E-state index contributed by atoms with van der Waals surface area (Å²) in [7, 11) is 0. The summed E-state index contributed by atoms with van der Waals surface area (Å²) in [6, 6.07) is 15.1. The van der Waals surface area contributed by atoms with Crippen LogP contribution in [-0.2, 0) is 6.61 Å². The maximum absolute atomic E-state index is 12.6. The summed E-state index contributed by atoms with van der Waals surface area (Å²) in [5.41, 5.74) is 2.43. The summed E-state index contributed by atoms with van der Waals surface area (Å²) >= 11 is 0. The van der Waals surface area contributed by atoms with Crippen LogP contribution in [0.25, 0.3) is 16.5 Å². The molecule has 0 aliphatic heterocycles. The Kier molecular flexibility index (Phi) is 3.12. The first-order valence-corrected chi connectivity index (χ1v) is 6.52. The molecular weight excluding hydrogens is 250 g/mol.